The number of ether oxygens (including phenoxy) is 1. The first kappa shape index (κ1) is 21.4. The van der Waals surface area contributed by atoms with Crippen molar-refractivity contribution in [3.8, 4) is 5.75 Å². The van der Waals surface area contributed by atoms with Crippen LogP contribution >= 0.6 is 0 Å². The number of carboxylic acid groups (broad SMARTS) is 1. The summed E-state index contributed by atoms with van der Waals surface area (Å²) in [6.45, 7) is 4.15. The lowest BCUT2D eigenvalue weighted by Crippen LogP contribution is -2.31. The molecule has 1 atom stereocenters. The molecule has 3 aromatic rings. The second kappa shape index (κ2) is 8.34. The Morgan fingerprint density at radius 1 is 1.09 bits per heavy atom. The molecule has 1 unspecified atom stereocenters. The fourth-order valence-electron chi connectivity index (χ4n) is 4.17. The van der Waals surface area contributed by atoms with Gasteiger partial charge in [-0.05, 0) is 59.4 Å². The number of hydrogen-bond acceptors (Lipinski definition) is 4. The van der Waals surface area contributed by atoms with Crippen LogP contribution in [0.2, 0.25) is 0 Å². The van der Waals surface area contributed by atoms with Crippen molar-refractivity contribution in [3.05, 3.63) is 89.2 Å². The highest BCUT2D eigenvalue weighted by molar-refractivity contribution is 6.04. The molecule has 0 radical (unpaired) electrons. The summed E-state index contributed by atoms with van der Waals surface area (Å²) in [5.74, 6) is -0.823. The van der Waals surface area contributed by atoms with Gasteiger partial charge in [-0.25, -0.2) is 9.18 Å². The van der Waals surface area contributed by atoms with Gasteiger partial charge in [-0.15, -0.1) is 0 Å². The van der Waals surface area contributed by atoms with Crippen molar-refractivity contribution in [2.24, 2.45) is 0 Å². The first-order valence-corrected chi connectivity index (χ1v) is 10.2. The quantitative estimate of drug-likeness (QED) is 0.348. The molecule has 0 fully saturated rings. The normalized spacial score (nSPS) is 16.4. The number of benzene rings is 3. The molecule has 1 aliphatic heterocycles. The van der Waals surface area contributed by atoms with Crippen LogP contribution in [-0.2, 0) is 5.41 Å². The number of anilines is 2. The van der Waals surface area contributed by atoms with E-state index in [2.05, 4.69) is 24.5 Å². The van der Waals surface area contributed by atoms with Gasteiger partial charge in [0.05, 0.1) is 11.6 Å². The van der Waals surface area contributed by atoms with Crippen LogP contribution in [0.1, 0.15) is 47.8 Å². The largest absolute Gasteiger partial charge is 0.511 e. The molecule has 7 heteroatoms. The molecule has 164 valence electrons. The SMILES string of the molecule is CC1(C)CC(c2ccccc2NC(=O)c2ccccc2F)Nc2ccc(OC(=O)O)cc21. The van der Waals surface area contributed by atoms with Crippen LogP contribution in [0.5, 0.6) is 5.75 Å². The van der Waals surface area contributed by atoms with Crippen LogP contribution in [0.3, 0.4) is 0 Å². The van der Waals surface area contributed by atoms with E-state index < -0.39 is 17.9 Å². The Morgan fingerprint density at radius 3 is 2.56 bits per heavy atom. The fraction of sp³-hybridized carbons (Fsp3) is 0.200. The first-order valence-electron chi connectivity index (χ1n) is 10.2. The standard InChI is InChI=1S/C25H23FN2O4/c1-25(2)14-22(27-21-12-11-15(13-18(21)25)32-24(30)31)17-8-4-6-10-20(17)28-23(29)16-7-3-5-9-19(16)26/h3-13,22,27H,14H2,1-2H3,(H,28,29)(H,30,31). The van der Waals surface area contributed by atoms with Gasteiger partial charge in [0.1, 0.15) is 11.6 Å². The molecule has 0 aromatic heterocycles. The zero-order valence-electron chi connectivity index (χ0n) is 17.7. The summed E-state index contributed by atoms with van der Waals surface area (Å²) < 4.78 is 18.9. The summed E-state index contributed by atoms with van der Waals surface area (Å²) in [4.78, 5) is 23.6. The molecular weight excluding hydrogens is 411 g/mol. The molecule has 0 aliphatic carbocycles. The van der Waals surface area contributed by atoms with Gasteiger partial charge in [0, 0.05) is 11.4 Å². The zero-order chi connectivity index (χ0) is 22.9. The summed E-state index contributed by atoms with van der Waals surface area (Å²) in [6, 6.07) is 18.3. The van der Waals surface area contributed by atoms with Crippen LogP contribution in [0, 0.1) is 5.82 Å². The maximum atomic E-state index is 14.1. The van der Waals surface area contributed by atoms with Gasteiger partial charge in [-0.2, -0.15) is 0 Å². The van der Waals surface area contributed by atoms with Gasteiger partial charge < -0.3 is 20.5 Å². The number of rotatable bonds is 4. The third-order valence-electron chi connectivity index (χ3n) is 5.67. The predicted octanol–water partition coefficient (Wildman–Crippen LogP) is 5.97. The maximum absolute atomic E-state index is 14.1. The Balaban J connectivity index is 1.64. The number of hydrogen-bond donors (Lipinski definition) is 3. The minimum absolute atomic E-state index is 0.0180. The number of halogens is 1. The van der Waals surface area contributed by atoms with E-state index in [1.54, 1.807) is 36.4 Å². The van der Waals surface area contributed by atoms with Gasteiger partial charge >= 0.3 is 6.16 Å². The second-order valence-electron chi connectivity index (χ2n) is 8.38. The van der Waals surface area contributed by atoms with Crippen molar-refractivity contribution >= 4 is 23.4 Å². The summed E-state index contributed by atoms with van der Waals surface area (Å²) in [6.07, 6.45) is -0.674. The average Bonchev–Trinajstić information content (AvgIpc) is 2.74. The summed E-state index contributed by atoms with van der Waals surface area (Å²) in [7, 11) is 0. The van der Waals surface area contributed by atoms with Gasteiger partial charge in [-0.3, -0.25) is 4.79 Å². The Bertz CT molecular complexity index is 1190. The summed E-state index contributed by atoms with van der Waals surface area (Å²) in [5, 5.41) is 15.2. The van der Waals surface area contributed by atoms with Crippen LogP contribution < -0.4 is 15.4 Å². The summed E-state index contributed by atoms with van der Waals surface area (Å²) >= 11 is 0. The van der Waals surface area contributed by atoms with Crippen molar-refractivity contribution in [1.29, 1.82) is 0 Å². The van der Waals surface area contributed by atoms with E-state index in [-0.39, 0.29) is 22.8 Å². The Hall–Kier alpha value is -3.87. The van der Waals surface area contributed by atoms with E-state index in [0.29, 0.717) is 12.1 Å². The Labute approximate surface area is 185 Å². The number of nitrogens with one attached hydrogen (secondary N) is 2. The molecule has 1 amide bonds. The third kappa shape index (κ3) is 4.27. The van der Waals surface area contributed by atoms with Gasteiger partial charge in [-0.1, -0.05) is 44.2 Å². The molecule has 3 N–H and O–H groups in total. The van der Waals surface area contributed by atoms with E-state index in [1.165, 1.54) is 12.1 Å². The maximum Gasteiger partial charge on any atom is 0.511 e. The second-order valence-corrected chi connectivity index (χ2v) is 8.38. The van der Waals surface area contributed by atoms with Crippen LogP contribution in [0.4, 0.5) is 20.6 Å². The lowest BCUT2D eigenvalue weighted by Gasteiger charge is -2.39. The van der Waals surface area contributed by atoms with Crippen molar-refractivity contribution in [2.45, 2.75) is 31.7 Å². The Kier molecular flexibility index (Phi) is 5.57. The molecule has 32 heavy (non-hydrogen) atoms. The van der Waals surface area contributed by atoms with Crippen molar-refractivity contribution in [2.75, 3.05) is 10.6 Å². The van der Waals surface area contributed by atoms with Crippen molar-refractivity contribution in [3.63, 3.8) is 0 Å². The van der Waals surface area contributed by atoms with Crippen LogP contribution in [0.15, 0.2) is 66.7 Å². The van der Waals surface area contributed by atoms with E-state index in [9.17, 15) is 14.0 Å². The lowest BCUT2D eigenvalue weighted by atomic mass is 9.74. The molecule has 6 nitrogen and oxygen atoms in total. The minimum atomic E-state index is -1.36. The van der Waals surface area contributed by atoms with Crippen LogP contribution in [-0.4, -0.2) is 17.2 Å². The first-order chi connectivity index (χ1) is 15.2. The molecule has 1 heterocycles. The van der Waals surface area contributed by atoms with Crippen molar-refractivity contribution < 1.29 is 23.8 Å². The average molecular weight is 434 g/mol. The zero-order valence-corrected chi connectivity index (χ0v) is 17.7. The monoisotopic (exact) mass is 434 g/mol. The van der Waals surface area contributed by atoms with E-state index in [0.717, 1.165) is 16.8 Å². The number of fused-ring (bicyclic) bond motifs is 1. The smallest absolute Gasteiger partial charge is 0.449 e. The topological polar surface area (TPSA) is 87.7 Å². The number of carbonyl (C=O) groups is 2. The van der Waals surface area contributed by atoms with E-state index in [1.807, 2.05) is 18.2 Å². The van der Waals surface area contributed by atoms with Crippen LogP contribution in [0.25, 0.3) is 0 Å². The fourth-order valence-corrected chi connectivity index (χ4v) is 4.17. The minimum Gasteiger partial charge on any atom is -0.449 e. The van der Waals surface area contributed by atoms with E-state index in [4.69, 9.17) is 9.84 Å². The molecule has 0 spiro atoms. The molecule has 0 bridgehead atoms. The summed E-state index contributed by atoms with van der Waals surface area (Å²) in [5.41, 5.74) is 2.96. The molecule has 0 saturated heterocycles. The number of amides is 1. The number of para-hydroxylation sites is 1. The van der Waals surface area contributed by atoms with Gasteiger partial charge in [0.25, 0.3) is 5.91 Å². The predicted molar refractivity (Wildman–Crippen MR) is 120 cm³/mol. The van der Waals surface area contributed by atoms with Gasteiger partial charge in [0.2, 0.25) is 0 Å². The lowest BCUT2D eigenvalue weighted by molar-refractivity contribution is 0.102. The third-order valence-corrected chi connectivity index (χ3v) is 5.67. The molecule has 4 rings (SSSR count). The highest BCUT2D eigenvalue weighted by Crippen LogP contribution is 2.46. The molecule has 3 aromatic carbocycles. The van der Waals surface area contributed by atoms with Gasteiger partial charge in [0.15, 0.2) is 0 Å². The molecule has 0 saturated carbocycles. The molecule has 1 aliphatic rings. The highest BCUT2D eigenvalue weighted by atomic mass is 19.1. The van der Waals surface area contributed by atoms with E-state index >= 15 is 0 Å². The van der Waals surface area contributed by atoms with Crippen molar-refractivity contribution in [1.82, 2.24) is 0 Å². The highest BCUT2D eigenvalue weighted by Gasteiger charge is 2.35. The molecular formula is C25H23FN2O4. The number of carbonyl (C=O) groups excluding carboxylic acids is 1. The Morgan fingerprint density at radius 2 is 1.81 bits per heavy atom.